The number of anilines is 1. The quantitative estimate of drug-likeness (QED) is 0.866. The van der Waals surface area contributed by atoms with E-state index in [4.69, 9.17) is 9.47 Å². The van der Waals surface area contributed by atoms with Crippen molar-refractivity contribution >= 4 is 23.6 Å². The molecule has 2 aliphatic rings. The summed E-state index contributed by atoms with van der Waals surface area (Å²) in [6.45, 7) is 4.38. The van der Waals surface area contributed by atoms with Crippen LogP contribution in [0.1, 0.15) is 30.1 Å². The normalized spacial score (nSPS) is 19.7. The van der Waals surface area contributed by atoms with Crippen LogP contribution < -0.4 is 5.32 Å². The van der Waals surface area contributed by atoms with Gasteiger partial charge in [0.25, 0.3) is 11.8 Å². The molecule has 0 aliphatic carbocycles. The Balaban J connectivity index is 1.63. The van der Waals surface area contributed by atoms with Gasteiger partial charge < -0.3 is 24.6 Å². The van der Waals surface area contributed by atoms with Crippen LogP contribution in [0.4, 0.5) is 10.5 Å². The number of hydrogen-bond acceptors (Lipinski definition) is 5. The molecular formula is C19H25N3O5. The van der Waals surface area contributed by atoms with E-state index in [1.54, 1.807) is 41.0 Å². The second-order valence-electron chi connectivity index (χ2n) is 6.51. The maximum atomic E-state index is 12.9. The smallest absolute Gasteiger partial charge is 0.409 e. The Morgan fingerprint density at radius 3 is 2.52 bits per heavy atom. The van der Waals surface area contributed by atoms with E-state index < -0.39 is 6.10 Å². The van der Waals surface area contributed by atoms with Gasteiger partial charge in [0.1, 0.15) is 6.10 Å². The van der Waals surface area contributed by atoms with E-state index in [2.05, 4.69) is 5.32 Å². The maximum absolute atomic E-state index is 12.9. The molecule has 8 nitrogen and oxygen atoms in total. The zero-order chi connectivity index (χ0) is 19.2. The van der Waals surface area contributed by atoms with Gasteiger partial charge in [0.05, 0.1) is 17.9 Å². The van der Waals surface area contributed by atoms with E-state index in [0.717, 1.165) is 6.42 Å². The Bertz CT molecular complexity index is 694. The molecule has 0 bridgehead atoms. The Labute approximate surface area is 158 Å². The van der Waals surface area contributed by atoms with Gasteiger partial charge in [-0.05, 0) is 31.9 Å². The van der Waals surface area contributed by atoms with Crippen molar-refractivity contribution in [1.29, 1.82) is 0 Å². The first-order chi connectivity index (χ1) is 13.1. The van der Waals surface area contributed by atoms with Gasteiger partial charge in [-0.15, -0.1) is 0 Å². The van der Waals surface area contributed by atoms with Crippen molar-refractivity contribution in [3.05, 3.63) is 29.8 Å². The van der Waals surface area contributed by atoms with Crippen molar-refractivity contribution in [2.75, 3.05) is 44.7 Å². The standard InChI is InChI=1S/C19H25N3O5/c1-2-26-19(25)22-11-9-21(10-12-22)18(24)14-6-3-4-7-15(14)20-17(23)16-8-5-13-27-16/h3-4,6-7,16H,2,5,8-13H2,1H3,(H,20,23). The molecule has 2 saturated heterocycles. The van der Waals surface area contributed by atoms with Crippen molar-refractivity contribution in [2.24, 2.45) is 0 Å². The van der Waals surface area contributed by atoms with Crippen molar-refractivity contribution < 1.29 is 23.9 Å². The maximum Gasteiger partial charge on any atom is 0.409 e. The van der Waals surface area contributed by atoms with Crippen molar-refractivity contribution in [3.63, 3.8) is 0 Å². The molecule has 0 aromatic heterocycles. The minimum absolute atomic E-state index is 0.165. The van der Waals surface area contributed by atoms with Crippen LogP contribution in [0.3, 0.4) is 0 Å². The average molecular weight is 375 g/mol. The first kappa shape index (κ1) is 19.2. The van der Waals surface area contributed by atoms with E-state index in [1.165, 1.54) is 0 Å². The van der Waals surface area contributed by atoms with Crippen LogP contribution in [0.15, 0.2) is 24.3 Å². The van der Waals surface area contributed by atoms with Gasteiger partial charge >= 0.3 is 6.09 Å². The third-order valence-corrected chi connectivity index (χ3v) is 4.73. The predicted molar refractivity (Wildman–Crippen MR) is 98.5 cm³/mol. The number of carbonyl (C=O) groups excluding carboxylic acids is 3. The molecule has 0 radical (unpaired) electrons. The lowest BCUT2D eigenvalue weighted by Gasteiger charge is -2.34. The number of nitrogens with one attached hydrogen (secondary N) is 1. The van der Waals surface area contributed by atoms with Crippen LogP contribution in [0.5, 0.6) is 0 Å². The molecule has 1 atom stereocenters. The minimum atomic E-state index is -0.457. The molecule has 1 N–H and O–H groups in total. The fourth-order valence-electron chi connectivity index (χ4n) is 3.25. The Kier molecular flexibility index (Phi) is 6.28. The lowest BCUT2D eigenvalue weighted by atomic mass is 10.1. The molecule has 0 saturated carbocycles. The molecule has 2 aliphatic heterocycles. The van der Waals surface area contributed by atoms with Crippen molar-refractivity contribution in [3.8, 4) is 0 Å². The summed E-state index contributed by atoms with van der Waals surface area (Å²) in [5, 5.41) is 2.82. The summed E-state index contributed by atoms with van der Waals surface area (Å²) in [6, 6.07) is 6.96. The summed E-state index contributed by atoms with van der Waals surface area (Å²) >= 11 is 0. The lowest BCUT2D eigenvalue weighted by molar-refractivity contribution is -0.124. The number of carbonyl (C=O) groups is 3. The summed E-state index contributed by atoms with van der Waals surface area (Å²) in [7, 11) is 0. The SMILES string of the molecule is CCOC(=O)N1CCN(C(=O)c2ccccc2NC(=O)C2CCCO2)CC1. The summed E-state index contributed by atoms with van der Waals surface area (Å²) < 4.78 is 10.4. The van der Waals surface area contributed by atoms with Crippen LogP contribution in [-0.4, -0.2) is 73.2 Å². The highest BCUT2D eigenvalue weighted by molar-refractivity contribution is 6.04. The first-order valence-corrected chi connectivity index (χ1v) is 9.32. The summed E-state index contributed by atoms with van der Waals surface area (Å²) in [4.78, 5) is 40.3. The van der Waals surface area contributed by atoms with E-state index in [9.17, 15) is 14.4 Å². The van der Waals surface area contributed by atoms with Gasteiger partial charge in [-0.25, -0.2) is 4.79 Å². The second kappa shape index (κ2) is 8.85. The molecule has 3 amide bonds. The molecule has 1 aromatic rings. The second-order valence-corrected chi connectivity index (χ2v) is 6.51. The predicted octanol–water partition coefficient (Wildman–Crippen LogP) is 1.72. The number of hydrogen-bond donors (Lipinski definition) is 1. The summed E-state index contributed by atoms with van der Waals surface area (Å²) in [5.74, 6) is -0.387. The number of ether oxygens (including phenoxy) is 2. The Morgan fingerprint density at radius 1 is 1.15 bits per heavy atom. The summed E-state index contributed by atoms with van der Waals surface area (Å²) in [5.41, 5.74) is 0.921. The van der Waals surface area contributed by atoms with Gasteiger partial charge in [0, 0.05) is 32.8 Å². The molecular weight excluding hydrogens is 350 g/mol. The zero-order valence-corrected chi connectivity index (χ0v) is 15.5. The van der Waals surface area contributed by atoms with E-state index >= 15 is 0 Å². The molecule has 8 heteroatoms. The van der Waals surface area contributed by atoms with E-state index in [0.29, 0.717) is 57.1 Å². The number of nitrogens with zero attached hydrogens (tertiary/aromatic N) is 2. The third kappa shape index (κ3) is 4.57. The highest BCUT2D eigenvalue weighted by Crippen LogP contribution is 2.21. The van der Waals surface area contributed by atoms with Crippen LogP contribution >= 0.6 is 0 Å². The molecule has 2 heterocycles. The summed E-state index contributed by atoms with van der Waals surface area (Å²) in [6.07, 6.45) is 0.747. The van der Waals surface area contributed by atoms with Crippen LogP contribution in [0.25, 0.3) is 0 Å². The number of piperazine rings is 1. The number of amides is 3. The van der Waals surface area contributed by atoms with Gasteiger partial charge in [0.15, 0.2) is 0 Å². The third-order valence-electron chi connectivity index (χ3n) is 4.73. The molecule has 1 unspecified atom stereocenters. The van der Waals surface area contributed by atoms with Crippen molar-refractivity contribution in [1.82, 2.24) is 9.80 Å². The van der Waals surface area contributed by atoms with Gasteiger partial charge in [-0.2, -0.15) is 0 Å². The number of rotatable bonds is 4. The average Bonchev–Trinajstić information content (AvgIpc) is 3.23. The highest BCUT2D eigenvalue weighted by Gasteiger charge is 2.28. The Hall–Kier alpha value is -2.61. The van der Waals surface area contributed by atoms with Crippen molar-refractivity contribution in [2.45, 2.75) is 25.9 Å². The van der Waals surface area contributed by atoms with Gasteiger partial charge in [-0.3, -0.25) is 9.59 Å². The number of benzene rings is 1. The van der Waals surface area contributed by atoms with Crippen LogP contribution in [0.2, 0.25) is 0 Å². The van der Waals surface area contributed by atoms with Gasteiger partial charge in [-0.1, -0.05) is 12.1 Å². The number of para-hydroxylation sites is 1. The Morgan fingerprint density at radius 2 is 1.85 bits per heavy atom. The van der Waals surface area contributed by atoms with E-state index in [1.807, 2.05) is 0 Å². The van der Waals surface area contributed by atoms with E-state index in [-0.39, 0.29) is 17.9 Å². The molecule has 27 heavy (non-hydrogen) atoms. The van der Waals surface area contributed by atoms with Gasteiger partial charge in [0.2, 0.25) is 0 Å². The monoisotopic (exact) mass is 375 g/mol. The largest absolute Gasteiger partial charge is 0.450 e. The molecule has 0 spiro atoms. The highest BCUT2D eigenvalue weighted by atomic mass is 16.6. The topological polar surface area (TPSA) is 88.2 Å². The molecule has 1 aromatic carbocycles. The van der Waals surface area contributed by atoms with Crippen LogP contribution in [-0.2, 0) is 14.3 Å². The van der Waals surface area contributed by atoms with Crippen LogP contribution in [0, 0.1) is 0 Å². The molecule has 146 valence electrons. The fraction of sp³-hybridized carbons (Fsp3) is 0.526. The minimum Gasteiger partial charge on any atom is -0.450 e. The fourth-order valence-corrected chi connectivity index (χ4v) is 3.25. The zero-order valence-electron chi connectivity index (χ0n) is 15.5. The molecule has 3 rings (SSSR count). The lowest BCUT2D eigenvalue weighted by Crippen LogP contribution is -2.50. The first-order valence-electron chi connectivity index (χ1n) is 9.32. The molecule has 2 fully saturated rings.